The molecule has 0 unspecified atom stereocenters. The van der Waals surface area contributed by atoms with Gasteiger partial charge in [0.25, 0.3) is 5.89 Å². The number of hydrogen-bond acceptors (Lipinski definition) is 7. The lowest BCUT2D eigenvalue weighted by Crippen LogP contribution is -2.24. The summed E-state index contributed by atoms with van der Waals surface area (Å²) < 4.78 is 16.8. The molecule has 0 saturated heterocycles. The molecule has 0 radical (unpaired) electrons. The van der Waals surface area contributed by atoms with Crippen LogP contribution in [0.15, 0.2) is 53.2 Å². The Balaban J connectivity index is 1.39. The Labute approximate surface area is 215 Å². The van der Waals surface area contributed by atoms with Gasteiger partial charge >= 0.3 is 5.97 Å². The minimum Gasteiger partial charge on any atom is -0.504 e. The largest absolute Gasteiger partial charge is 0.504 e. The topological polar surface area (TPSA) is 91.7 Å². The summed E-state index contributed by atoms with van der Waals surface area (Å²) in [5.74, 6) is 1.68. The van der Waals surface area contributed by atoms with Gasteiger partial charge in [-0.2, -0.15) is 4.98 Å². The van der Waals surface area contributed by atoms with E-state index in [-0.39, 0.29) is 12.4 Å². The summed E-state index contributed by atoms with van der Waals surface area (Å²) >= 11 is 0. The average Bonchev–Trinajstić information content (AvgIpc) is 3.58. The molecular formula is C29H28N4O4. The zero-order valence-corrected chi connectivity index (χ0v) is 21.2. The number of aromatic nitrogens is 3. The van der Waals surface area contributed by atoms with E-state index in [4.69, 9.17) is 20.6 Å². The maximum absolute atomic E-state index is 12.2. The number of esters is 1. The van der Waals surface area contributed by atoms with Gasteiger partial charge in [0, 0.05) is 34.8 Å². The number of aryl methyl sites for hydroxylation is 1. The summed E-state index contributed by atoms with van der Waals surface area (Å²) in [6.07, 6.45) is 4.79. The SMILES string of the molecule is [C-]#[N+]c1cc(-c2nc(-c3cccc4c(CCC(=O)OC(C)(C)C)nccc34)no2)ccc1OCC1CC1. The van der Waals surface area contributed by atoms with Crippen molar-refractivity contribution < 1.29 is 18.8 Å². The number of rotatable bonds is 8. The van der Waals surface area contributed by atoms with Crippen LogP contribution in [0.3, 0.4) is 0 Å². The zero-order valence-electron chi connectivity index (χ0n) is 21.2. The van der Waals surface area contributed by atoms with E-state index in [1.807, 2.05) is 51.1 Å². The highest BCUT2D eigenvalue weighted by atomic mass is 16.6. The molecule has 0 N–H and O–H groups in total. The lowest BCUT2D eigenvalue weighted by molar-refractivity contribution is -0.154. The van der Waals surface area contributed by atoms with Gasteiger partial charge in [-0.1, -0.05) is 23.4 Å². The number of fused-ring (bicyclic) bond motifs is 1. The number of pyridine rings is 1. The third kappa shape index (κ3) is 5.78. The van der Waals surface area contributed by atoms with Crippen LogP contribution in [0.2, 0.25) is 0 Å². The van der Waals surface area contributed by atoms with Crippen molar-refractivity contribution in [3.05, 3.63) is 65.8 Å². The molecule has 0 spiro atoms. The molecule has 188 valence electrons. The molecule has 1 aliphatic rings. The fraction of sp³-hybridized carbons (Fsp3) is 0.345. The lowest BCUT2D eigenvalue weighted by Gasteiger charge is -2.19. The van der Waals surface area contributed by atoms with Crippen LogP contribution < -0.4 is 4.74 Å². The summed E-state index contributed by atoms with van der Waals surface area (Å²) in [4.78, 5) is 25.0. The molecule has 2 aromatic carbocycles. The van der Waals surface area contributed by atoms with Crippen molar-refractivity contribution in [3.63, 3.8) is 0 Å². The maximum Gasteiger partial charge on any atom is 0.306 e. The molecule has 0 atom stereocenters. The quantitative estimate of drug-likeness (QED) is 0.201. The number of benzene rings is 2. The first-order chi connectivity index (χ1) is 17.8. The van der Waals surface area contributed by atoms with E-state index < -0.39 is 5.60 Å². The minimum absolute atomic E-state index is 0.240. The molecule has 2 aromatic heterocycles. The van der Waals surface area contributed by atoms with Crippen LogP contribution in [0.25, 0.3) is 38.5 Å². The van der Waals surface area contributed by atoms with Crippen LogP contribution in [-0.4, -0.2) is 33.3 Å². The summed E-state index contributed by atoms with van der Waals surface area (Å²) in [5, 5.41) is 6.04. The van der Waals surface area contributed by atoms with Crippen molar-refractivity contribution in [1.82, 2.24) is 15.1 Å². The van der Waals surface area contributed by atoms with Crippen molar-refractivity contribution in [1.29, 1.82) is 0 Å². The van der Waals surface area contributed by atoms with E-state index in [2.05, 4.69) is 20.0 Å². The lowest BCUT2D eigenvalue weighted by atomic mass is 10.0. The second-order valence-corrected chi connectivity index (χ2v) is 10.2. The second-order valence-electron chi connectivity index (χ2n) is 10.2. The van der Waals surface area contributed by atoms with E-state index in [1.54, 1.807) is 18.3 Å². The Morgan fingerprint density at radius 3 is 2.76 bits per heavy atom. The maximum atomic E-state index is 12.2. The Hall–Kier alpha value is -4.25. The normalized spacial score (nSPS) is 13.4. The minimum atomic E-state index is -0.522. The van der Waals surface area contributed by atoms with E-state index in [9.17, 15) is 4.79 Å². The Bertz CT molecular complexity index is 1490. The molecule has 1 fully saturated rings. The molecule has 5 rings (SSSR count). The van der Waals surface area contributed by atoms with Crippen LogP contribution in [0.4, 0.5) is 5.69 Å². The molecule has 4 aromatic rings. The van der Waals surface area contributed by atoms with Gasteiger partial charge in [0.05, 0.1) is 19.6 Å². The molecule has 0 aliphatic heterocycles. The van der Waals surface area contributed by atoms with Gasteiger partial charge in [-0.3, -0.25) is 9.78 Å². The van der Waals surface area contributed by atoms with Gasteiger partial charge in [-0.15, -0.1) is 0 Å². The van der Waals surface area contributed by atoms with Crippen molar-refractivity contribution in [2.24, 2.45) is 5.92 Å². The first kappa shape index (κ1) is 24.4. The van der Waals surface area contributed by atoms with Gasteiger partial charge in [-0.25, -0.2) is 4.85 Å². The van der Waals surface area contributed by atoms with Crippen LogP contribution in [0, 0.1) is 12.5 Å². The van der Waals surface area contributed by atoms with Crippen LogP contribution in [0.1, 0.15) is 45.7 Å². The summed E-state index contributed by atoms with van der Waals surface area (Å²) in [6, 6.07) is 13.0. The number of carbonyl (C=O) groups is 1. The molecule has 1 aliphatic carbocycles. The summed E-state index contributed by atoms with van der Waals surface area (Å²) in [6.45, 7) is 13.7. The second kappa shape index (κ2) is 10.0. The summed E-state index contributed by atoms with van der Waals surface area (Å²) in [5.41, 5.74) is 2.15. The van der Waals surface area contributed by atoms with Gasteiger partial charge in [0.2, 0.25) is 11.5 Å². The highest BCUT2D eigenvalue weighted by molar-refractivity contribution is 5.96. The third-order valence-electron chi connectivity index (χ3n) is 6.04. The predicted octanol–water partition coefficient (Wildman–Crippen LogP) is 6.57. The van der Waals surface area contributed by atoms with Crippen LogP contribution in [0.5, 0.6) is 5.75 Å². The monoisotopic (exact) mass is 496 g/mol. The molecule has 0 amide bonds. The molecule has 0 bridgehead atoms. The number of hydrogen-bond donors (Lipinski definition) is 0. The highest BCUT2D eigenvalue weighted by Gasteiger charge is 2.23. The third-order valence-corrected chi connectivity index (χ3v) is 6.04. The fourth-order valence-electron chi connectivity index (χ4n) is 4.08. The molecule has 8 nitrogen and oxygen atoms in total. The number of nitrogens with zero attached hydrogens (tertiary/aromatic N) is 4. The van der Waals surface area contributed by atoms with Crippen LogP contribution >= 0.6 is 0 Å². The van der Waals surface area contributed by atoms with E-state index in [1.165, 1.54) is 12.8 Å². The smallest absolute Gasteiger partial charge is 0.306 e. The summed E-state index contributed by atoms with van der Waals surface area (Å²) in [7, 11) is 0. The predicted molar refractivity (Wildman–Crippen MR) is 139 cm³/mol. The first-order valence-corrected chi connectivity index (χ1v) is 12.4. The molecule has 8 heteroatoms. The van der Waals surface area contributed by atoms with Crippen LogP contribution in [-0.2, 0) is 16.0 Å². The molecule has 37 heavy (non-hydrogen) atoms. The molecular weight excluding hydrogens is 468 g/mol. The molecule has 2 heterocycles. The standard InChI is InChI=1S/C29H28N4O4/c1-29(2,3)36-26(34)13-11-23-21-6-5-7-22(20(21)14-15-31-23)27-32-28(37-33-27)19-10-12-25(24(16-19)30-4)35-17-18-8-9-18/h5-7,10,12,14-16,18H,8-9,11,13,17H2,1-3H3. The number of ether oxygens (including phenoxy) is 2. The zero-order chi connectivity index (χ0) is 26.0. The number of carbonyl (C=O) groups excluding carboxylic acids is 1. The Morgan fingerprint density at radius 1 is 1.16 bits per heavy atom. The highest BCUT2D eigenvalue weighted by Crippen LogP contribution is 2.36. The van der Waals surface area contributed by atoms with Crippen molar-refractivity contribution in [2.45, 2.75) is 52.1 Å². The Morgan fingerprint density at radius 2 is 2.00 bits per heavy atom. The van der Waals surface area contributed by atoms with E-state index in [0.29, 0.717) is 47.7 Å². The van der Waals surface area contributed by atoms with Gasteiger partial charge < -0.3 is 14.0 Å². The fourth-order valence-corrected chi connectivity index (χ4v) is 4.08. The van der Waals surface area contributed by atoms with E-state index >= 15 is 0 Å². The first-order valence-electron chi connectivity index (χ1n) is 12.4. The molecule has 1 saturated carbocycles. The van der Waals surface area contributed by atoms with Crippen molar-refractivity contribution in [2.75, 3.05) is 6.61 Å². The van der Waals surface area contributed by atoms with Gasteiger partial charge in [-0.05, 0) is 69.2 Å². The van der Waals surface area contributed by atoms with E-state index in [0.717, 1.165) is 22.0 Å². The van der Waals surface area contributed by atoms with Crippen molar-refractivity contribution >= 4 is 22.4 Å². The van der Waals surface area contributed by atoms with Gasteiger partial charge in [0.1, 0.15) is 11.4 Å². The van der Waals surface area contributed by atoms with Gasteiger partial charge in [0.15, 0.2) is 0 Å². The Kier molecular flexibility index (Phi) is 6.62. The van der Waals surface area contributed by atoms with Crippen molar-refractivity contribution in [3.8, 4) is 28.6 Å². The average molecular weight is 497 g/mol.